The number of hydrogen-bond acceptors (Lipinski definition) is 4. The van der Waals surface area contributed by atoms with Gasteiger partial charge in [-0.15, -0.1) is 0 Å². The Hall–Kier alpha value is -1.10. The van der Waals surface area contributed by atoms with E-state index in [0.717, 1.165) is 25.7 Å². The third kappa shape index (κ3) is 3.47. The second kappa shape index (κ2) is 6.37. The van der Waals surface area contributed by atoms with E-state index in [2.05, 4.69) is 10.1 Å². The average Bonchev–Trinajstić information content (AvgIpc) is 2.37. The van der Waals surface area contributed by atoms with Crippen molar-refractivity contribution in [2.24, 2.45) is 23.5 Å². The maximum atomic E-state index is 12.1. The first-order valence-corrected chi connectivity index (χ1v) is 7.22. The summed E-state index contributed by atoms with van der Waals surface area (Å²) in [6.07, 6.45) is 5.61. The molecule has 0 aromatic rings. The van der Waals surface area contributed by atoms with Crippen molar-refractivity contribution >= 4 is 11.9 Å². The second-order valence-electron chi connectivity index (χ2n) is 5.81. The van der Waals surface area contributed by atoms with E-state index in [4.69, 9.17) is 5.73 Å². The highest BCUT2D eigenvalue weighted by Gasteiger charge is 2.40. The van der Waals surface area contributed by atoms with Gasteiger partial charge in [-0.25, -0.2) is 0 Å². The molecule has 5 nitrogen and oxygen atoms in total. The smallest absolute Gasteiger partial charge is 0.307 e. The molecule has 0 heterocycles. The SMILES string of the molecule is COC(=O)CCNC(=O)C1CC2CCCC(C1)C2N. The first-order chi connectivity index (χ1) is 9.11. The standard InChI is InChI=1S/C14H24N2O3/c1-19-12(17)5-6-16-14(18)11-7-9-3-2-4-10(8-11)13(9)15/h9-11,13H,2-8,15H2,1H3,(H,16,18). The lowest BCUT2D eigenvalue weighted by atomic mass is 9.65. The molecular formula is C14H24N2O3. The summed E-state index contributed by atoms with van der Waals surface area (Å²) in [6.45, 7) is 0.364. The fraction of sp³-hybridized carbons (Fsp3) is 0.857. The average molecular weight is 268 g/mol. The molecule has 19 heavy (non-hydrogen) atoms. The molecule has 2 atom stereocenters. The molecule has 2 rings (SSSR count). The van der Waals surface area contributed by atoms with Crippen LogP contribution in [0.3, 0.4) is 0 Å². The minimum absolute atomic E-state index is 0.0766. The molecule has 2 fully saturated rings. The highest BCUT2D eigenvalue weighted by Crippen LogP contribution is 2.41. The van der Waals surface area contributed by atoms with Crippen molar-refractivity contribution < 1.29 is 14.3 Å². The van der Waals surface area contributed by atoms with E-state index in [9.17, 15) is 9.59 Å². The van der Waals surface area contributed by atoms with Crippen LogP contribution in [0.25, 0.3) is 0 Å². The molecule has 0 aliphatic heterocycles. The van der Waals surface area contributed by atoms with Crippen LogP contribution in [-0.2, 0) is 14.3 Å². The molecule has 2 bridgehead atoms. The minimum atomic E-state index is -0.289. The van der Waals surface area contributed by atoms with Gasteiger partial charge in [0.05, 0.1) is 13.5 Å². The Balaban J connectivity index is 1.79. The molecule has 5 heteroatoms. The van der Waals surface area contributed by atoms with Gasteiger partial charge in [0, 0.05) is 18.5 Å². The highest BCUT2D eigenvalue weighted by atomic mass is 16.5. The van der Waals surface area contributed by atoms with Crippen molar-refractivity contribution in [2.75, 3.05) is 13.7 Å². The number of fused-ring (bicyclic) bond motifs is 2. The predicted octanol–water partition coefficient (Wildman–Crippen LogP) is 0.819. The monoisotopic (exact) mass is 268 g/mol. The van der Waals surface area contributed by atoms with Crippen LogP contribution in [0.15, 0.2) is 0 Å². The van der Waals surface area contributed by atoms with Crippen LogP contribution >= 0.6 is 0 Å². The number of nitrogens with two attached hydrogens (primary N) is 1. The van der Waals surface area contributed by atoms with Gasteiger partial charge in [0.25, 0.3) is 0 Å². The van der Waals surface area contributed by atoms with Gasteiger partial charge < -0.3 is 15.8 Å². The number of carbonyl (C=O) groups is 2. The number of rotatable bonds is 4. The van der Waals surface area contributed by atoms with E-state index in [0.29, 0.717) is 18.4 Å². The Bertz CT molecular complexity index is 332. The molecule has 0 aromatic carbocycles. The van der Waals surface area contributed by atoms with Crippen molar-refractivity contribution in [3.63, 3.8) is 0 Å². The van der Waals surface area contributed by atoms with Gasteiger partial charge in [0.15, 0.2) is 0 Å². The Kier molecular flexibility index (Phi) is 4.80. The number of ether oxygens (including phenoxy) is 1. The van der Waals surface area contributed by atoms with Crippen LogP contribution in [0, 0.1) is 17.8 Å². The van der Waals surface area contributed by atoms with Crippen molar-refractivity contribution in [3.8, 4) is 0 Å². The molecule has 0 saturated heterocycles. The van der Waals surface area contributed by atoms with E-state index >= 15 is 0 Å². The van der Waals surface area contributed by atoms with Gasteiger partial charge in [-0.2, -0.15) is 0 Å². The van der Waals surface area contributed by atoms with Crippen LogP contribution in [0.2, 0.25) is 0 Å². The van der Waals surface area contributed by atoms with Crippen molar-refractivity contribution in [1.82, 2.24) is 5.32 Å². The second-order valence-corrected chi connectivity index (χ2v) is 5.81. The predicted molar refractivity (Wildman–Crippen MR) is 71.2 cm³/mol. The molecule has 2 aliphatic rings. The Morgan fingerprint density at radius 1 is 1.26 bits per heavy atom. The normalized spacial score (nSPS) is 33.6. The number of amides is 1. The maximum absolute atomic E-state index is 12.1. The van der Waals surface area contributed by atoms with Crippen LogP contribution in [-0.4, -0.2) is 31.6 Å². The lowest BCUT2D eigenvalue weighted by Gasteiger charge is -2.43. The van der Waals surface area contributed by atoms with Crippen LogP contribution < -0.4 is 11.1 Å². The van der Waals surface area contributed by atoms with E-state index < -0.39 is 0 Å². The van der Waals surface area contributed by atoms with Gasteiger partial charge in [-0.05, 0) is 37.5 Å². The van der Waals surface area contributed by atoms with Crippen LogP contribution in [0.1, 0.15) is 38.5 Å². The summed E-state index contributed by atoms with van der Waals surface area (Å²) in [5.74, 6) is 0.871. The number of esters is 1. The number of carbonyl (C=O) groups excluding carboxylic acids is 2. The zero-order valence-corrected chi connectivity index (χ0v) is 11.6. The lowest BCUT2D eigenvalue weighted by molar-refractivity contribution is -0.140. The van der Waals surface area contributed by atoms with E-state index in [-0.39, 0.29) is 30.3 Å². The van der Waals surface area contributed by atoms with Crippen LogP contribution in [0.4, 0.5) is 0 Å². The Morgan fingerprint density at radius 2 is 1.89 bits per heavy atom. The molecule has 0 aromatic heterocycles. The molecule has 2 saturated carbocycles. The van der Waals surface area contributed by atoms with Crippen molar-refractivity contribution in [1.29, 1.82) is 0 Å². The maximum Gasteiger partial charge on any atom is 0.307 e. The van der Waals surface area contributed by atoms with Gasteiger partial charge in [-0.3, -0.25) is 9.59 Å². The summed E-state index contributed by atoms with van der Waals surface area (Å²) < 4.78 is 4.55. The summed E-state index contributed by atoms with van der Waals surface area (Å²) in [5, 5.41) is 2.84. The Morgan fingerprint density at radius 3 is 2.47 bits per heavy atom. The quantitative estimate of drug-likeness (QED) is 0.740. The topological polar surface area (TPSA) is 81.4 Å². The largest absolute Gasteiger partial charge is 0.469 e. The number of methoxy groups -OCH3 is 1. The fourth-order valence-electron chi connectivity index (χ4n) is 3.54. The third-order valence-electron chi connectivity index (χ3n) is 4.64. The number of hydrogen-bond donors (Lipinski definition) is 2. The molecule has 2 unspecified atom stereocenters. The Labute approximate surface area is 114 Å². The van der Waals surface area contributed by atoms with E-state index in [1.54, 1.807) is 0 Å². The summed E-state index contributed by atoms with van der Waals surface area (Å²) in [4.78, 5) is 23.1. The summed E-state index contributed by atoms with van der Waals surface area (Å²) in [6, 6.07) is 0.285. The fourth-order valence-corrected chi connectivity index (χ4v) is 3.54. The van der Waals surface area contributed by atoms with Crippen LogP contribution in [0.5, 0.6) is 0 Å². The van der Waals surface area contributed by atoms with Gasteiger partial charge in [0.1, 0.15) is 0 Å². The lowest BCUT2D eigenvalue weighted by Crippen LogP contribution is -2.49. The van der Waals surface area contributed by atoms with Crippen molar-refractivity contribution in [2.45, 2.75) is 44.6 Å². The third-order valence-corrected chi connectivity index (χ3v) is 4.64. The van der Waals surface area contributed by atoms with Crippen molar-refractivity contribution in [3.05, 3.63) is 0 Å². The first-order valence-electron chi connectivity index (χ1n) is 7.22. The highest BCUT2D eigenvalue weighted by molar-refractivity contribution is 5.79. The van der Waals surface area contributed by atoms with Gasteiger partial charge in [0.2, 0.25) is 5.91 Å². The van der Waals surface area contributed by atoms with Gasteiger partial charge >= 0.3 is 5.97 Å². The minimum Gasteiger partial charge on any atom is -0.469 e. The molecule has 0 radical (unpaired) electrons. The molecule has 3 N–H and O–H groups in total. The molecule has 108 valence electrons. The summed E-state index contributed by atoms with van der Waals surface area (Å²) in [7, 11) is 1.36. The molecule has 0 spiro atoms. The van der Waals surface area contributed by atoms with Gasteiger partial charge in [-0.1, -0.05) is 6.42 Å². The molecule has 1 amide bonds. The van der Waals surface area contributed by atoms with E-state index in [1.165, 1.54) is 13.5 Å². The zero-order chi connectivity index (χ0) is 13.8. The number of nitrogens with one attached hydrogen (secondary N) is 1. The van der Waals surface area contributed by atoms with E-state index in [1.807, 2.05) is 0 Å². The molecule has 2 aliphatic carbocycles. The molecular weight excluding hydrogens is 244 g/mol. The first kappa shape index (κ1) is 14.3. The zero-order valence-electron chi connectivity index (χ0n) is 11.6. The summed E-state index contributed by atoms with van der Waals surface area (Å²) >= 11 is 0. The summed E-state index contributed by atoms with van der Waals surface area (Å²) in [5.41, 5.74) is 6.21.